The first-order valence-electron chi connectivity index (χ1n) is 11.2. The van der Waals surface area contributed by atoms with Crippen LogP contribution in [0.2, 0.25) is 0 Å². The average molecular weight is 570 g/mol. The molecule has 0 atom stereocenters. The number of hydrogen-bond donors (Lipinski definition) is 0. The molecule has 0 fully saturated rings. The number of hydrogen-bond acceptors (Lipinski definition) is 0. The van der Waals surface area contributed by atoms with Crippen LogP contribution in [-0.2, 0) is 21.7 Å². The van der Waals surface area contributed by atoms with Crippen LogP contribution in [0.25, 0.3) is 11.4 Å². The summed E-state index contributed by atoms with van der Waals surface area (Å²) in [4.78, 5) is 0. The molecule has 2 aliphatic carbocycles. The third kappa shape index (κ3) is 9.82. The van der Waals surface area contributed by atoms with E-state index in [1.54, 1.807) is 36.4 Å². The standard InChI is InChI=1S/2C10H5F3N.2C5H5.Ti/c2*11-7-5-8(12)10(9(13)6-7)14-3-1-2-4-14;2*1-2-4-5-3-1;/h2*1-5H;2*1-3H,4H2;/q4*-1;+4. The van der Waals surface area contributed by atoms with Gasteiger partial charge in [0.2, 0.25) is 0 Å². The summed E-state index contributed by atoms with van der Waals surface area (Å²) in [6.45, 7) is 0. The van der Waals surface area contributed by atoms with E-state index in [9.17, 15) is 26.3 Å². The Morgan fingerprint density at radius 1 is 0.564 bits per heavy atom. The van der Waals surface area contributed by atoms with E-state index in [4.69, 9.17) is 0 Å². The Morgan fingerprint density at radius 3 is 1.15 bits per heavy atom. The number of nitrogens with zero attached hydrogens (tertiary/aromatic N) is 2. The Hall–Kier alpha value is -3.75. The zero-order valence-corrected chi connectivity index (χ0v) is 21.9. The third-order valence-corrected chi connectivity index (χ3v) is 4.73. The quantitative estimate of drug-likeness (QED) is 0.131. The van der Waals surface area contributed by atoms with Crippen LogP contribution in [0.15, 0.2) is 97.6 Å². The Labute approximate surface area is 237 Å². The van der Waals surface area contributed by atoms with Crippen molar-refractivity contribution in [1.82, 2.24) is 9.13 Å². The van der Waals surface area contributed by atoms with Gasteiger partial charge in [-0.2, -0.15) is 12.2 Å². The number of aromatic nitrogens is 2. The smallest absolute Gasteiger partial charge is 0.372 e. The zero-order chi connectivity index (χ0) is 27.3. The molecule has 2 nitrogen and oxygen atoms in total. The van der Waals surface area contributed by atoms with Gasteiger partial charge in [0.05, 0.1) is 0 Å². The van der Waals surface area contributed by atoms with Crippen molar-refractivity contribution >= 4 is 0 Å². The van der Waals surface area contributed by atoms with E-state index in [-0.39, 0.29) is 33.1 Å². The summed E-state index contributed by atoms with van der Waals surface area (Å²) in [7, 11) is 0. The summed E-state index contributed by atoms with van der Waals surface area (Å²) in [6.07, 6.45) is 25.9. The van der Waals surface area contributed by atoms with Gasteiger partial charge in [-0.25, -0.2) is 50.6 Å². The summed E-state index contributed by atoms with van der Waals surface area (Å²) >= 11 is 0. The van der Waals surface area contributed by atoms with E-state index in [1.807, 2.05) is 24.3 Å². The van der Waals surface area contributed by atoms with Gasteiger partial charge < -0.3 is 9.13 Å². The van der Waals surface area contributed by atoms with Gasteiger partial charge in [-0.15, -0.1) is 25.0 Å². The number of halogens is 6. The molecule has 2 heterocycles. The van der Waals surface area contributed by atoms with Crippen molar-refractivity contribution in [2.45, 2.75) is 12.8 Å². The molecule has 0 radical (unpaired) electrons. The molecule has 2 aliphatic rings. The molecule has 9 heteroatoms. The van der Waals surface area contributed by atoms with Gasteiger partial charge in [0.1, 0.15) is 0 Å². The summed E-state index contributed by atoms with van der Waals surface area (Å²) in [5.41, 5.74) is -0.646. The Balaban J connectivity index is 0.000000199. The van der Waals surface area contributed by atoms with Gasteiger partial charge in [-0.3, -0.25) is 12.2 Å². The molecule has 0 saturated heterocycles. The van der Waals surface area contributed by atoms with Crippen LogP contribution in [-0.4, -0.2) is 9.13 Å². The van der Waals surface area contributed by atoms with Crippen LogP contribution in [0.1, 0.15) is 12.8 Å². The molecular formula is C30H20F6N2Ti. The fourth-order valence-electron chi connectivity index (χ4n) is 3.09. The minimum atomic E-state index is -1.05. The largest absolute Gasteiger partial charge is 4.00 e. The molecule has 0 unspecified atom stereocenters. The topological polar surface area (TPSA) is 9.86 Å². The first kappa shape index (κ1) is 31.5. The molecule has 0 amide bonds. The van der Waals surface area contributed by atoms with Crippen LogP contribution in [0.5, 0.6) is 0 Å². The van der Waals surface area contributed by atoms with Crippen molar-refractivity contribution < 1.29 is 48.1 Å². The van der Waals surface area contributed by atoms with Crippen LogP contribution in [0.3, 0.4) is 0 Å². The monoisotopic (exact) mass is 570 g/mol. The first-order valence-corrected chi connectivity index (χ1v) is 11.2. The van der Waals surface area contributed by atoms with E-state index >= 15 is 0 Å². The number of benzene rings is 2. The number of rotatable bonds is 2. The predicted molar refractivity (Wildman–Crippen MR) is 132 cm³/mol. The average Bonchev–Trinajstić information content (AvgIpc) is 3.69. The molecule has 2 aromatic heterocycles. The van der Waals surface area contributed by atoms with Crippen LogP contribution in [0.4, 0.5) is 26.3 Å². The summed E-state index contributed by atoms with van der Waals surface area (Å²) < 4.78 is 80.0. The summed E-state index contributed by atoms with van der Waals surface area (Å²) in [5.74, 6) is -6.07. The van der Waals surface area contributed by atoms with Gasteiger partial charge in [-0.1, -0.05) is 12.1 Å². The summed E-state index contributed by atoms with van der Waals surface area (Å²) in [5, 5.41) is 0. The maximum Gasteiger partial charge on any atom is 4.00 e. The second-order valence-corrected chi connectivity index (χ2v) is 7.44. The minimum absolute atomic E-state index is 0. The van der Waals surface area contributed by atoms with E-state index < -0.39 is 34.9 Å². The zero-order valence-electron chi connectivity index (χ0n) is 20.3. The number of allylic oxidation sites excluding steroid dienone is 8. The van der Waals surface area contributed by atoms with Gasteiger partial charge >= 0.3 is 21.7 Å². The third-order valence-electron chi connectivity index (χ3n) is 4.73. The molecule has 0 aliphatic heterocycles. The molecule has 0 spiro atoms. The van der Waals surface area contributed by atoms with Gasteiger partial charge in [-0.05, 0) is 49.1 Å². The minimum Gasteiger partial charge on any atom is -0.372 e. The second-order valence-electron chi connectivity index (χ2n) is 7.44. The van der Waals surface area contributed by atoms with Gasteiger partial charge in [0, 0.05) is 46.3 Å². The van der Waals surface area contributed by atoms with Gasteiger partial charge in [0.25, 0.3) is 0 Å². The molecule has 0 saturated carbocycles. The van der Waals surface area contributed by atoms with E-state index in [2.05, 4.69) is 24.3 Å². The van der Waals surface area contributed by atoms with Crippen LogP contribution >= 0.6 is 0 Å². The van der Waals surface area contributed by atoms with Crippen molar-refractivity contribution in [1.29, 1.82) is 0 Å². The normalized spacial score (nSPS) is 12.1. The molecule has 0 N–H and O–H groups in total. The second kappa shape index (κ2) is 16.3. The molecule has 6 rings (SSSR count). The Bertz CT molecular complexity index is 1250. The fourth-order valence-corrected chi connectivity index (χ4v) is 3.09. The van der Waals surface area contributed by atoms with Crippen molar-refractivity contribution in [3.05, 3.63) is 157 Å². The molecule has 0 bridgehead atoms. The maximum absolute atomic E-state index is 13.2. The van der Waals surface area contributed by atoms with E-state index in [0.717, 1.165) is 12.8 Å². The maximum atomic E-state index is 13.2. The van der Waals surface area contributed by atoms with Crippen LogP contribution in [0, 0.1) is 59.2 Å². The molecule has 2 aromatic carbocycles. The Kier molecular flexibility index (Phi) is 13.1. The first-order chi connectivity index (χ1) is 18.4. The molecule has 4 aromatic rings. The van der Waals surface area contributed by atoms with Gasteiger partial charge in [0.15, 0.2) is 0 Å². The Morgan fingerprint density at radius 2 is 0.923 bits per heavy atom. The molecule has 39 heavy (non-hydrogen) atoms. The van der Waals surface area contributed by atoms with Crippen LogP contribution < -0.4 is 0 Å². The fraction of sp³-hybridized carbons (Fsp3) is 0.0667. The predicted octanol–water partition coefficient (Wildman–Crippen LogP) is 8.00. The molecular weight excluding hydrogens is 550 g/mol. The summed E-state index contributed by atoms with van der Waals surface area (Å²) in [6, 6.07) is 11.2. The van der Waals surface area contributed by atoms with Crippen molar-refractivity contribution in [3.8, 4) is 11.4 Å². The van der Waals surface area contributed by atoms with E-state index in [0.29, 0.717) is 12.1 Å². The SMILES string of the molecule is Fc1[c-]c(F)c(-n2cccc2)c(F)c1.Fc1[c-]c(F)c(-n2cccc2)c(F)c1.[C-]1=CC=CC1.[C-]1=CC=CC1.[Ti+4]. The molecule has 196 valence electrons. The van der Waals surface area contributed by atoms with E-state index in [1.165, 1.54) is 33.9 Å². The van der Waals surface area contributed by atoms with Crippen molar-refractivity contribution in [3.63, 3.8) is 0 Å². The van der Waals surface area contributed by atoms with Crippen molar-refractivity contribution in [2.75, 3.05) is 0 Å². The van der Waals surface area contributed by atoms with Crippen molar-refractivity contribution in [2.24, 2.45) is 0 Å².